The van der Waals surface area contributed by atoms with Gasteiger partial charge in [0.05, 0.1) is 0 Å². The molecule has 4 nitrogen and oxygen atoms in total. The van der Waals surface area contributed by atoms with Crippen LogP contribution in [0.2, 0.25) is 5.02 Å². The van der Waals surface area contributed by atoms with Gasteiger partial charge >= 0.3 is 0 Å². The number of nitrogens with one attached hydrogen (secondary N) is 1. The highest BCUT2D eigenvalue weighted by molar-refractivity contribution is 7.89. The first kappa shape index (κ1) is 14.3. The van der Waals surface area contributed by atoms with E-state index in [1.807, 2.05) is 6.92 Å². The third kappa shape index (κ3) is 2.15. The third-order valence-electron chi connectivity index (χ3n) is 4.36. The van der Waals surface area contributed by atoms with Crippen LogP contribution in [0.3, 0.4) is 0 Å². The van der Waals surface area contributed by atoms with E-state index in [-0.39, 0.29) is 16.0 Å². The summed E-state index contributed by atoms with van der Waals surface area (Å²) in [5.41, 5.74) is 0. The van der Waals surface area contributed by atoms with E-state index in [2.05, 4.69) is 5.32 Å². The summed E-state index contributed by atoms with van der Waals surface area (Å²) in [6.45, 7) is 3.98. The fourth-order valence-electron chi connectivity index (χ4n) is 3.26. The third-order valence-corrected chi connectivity index (χ3v) is 6.58. The zero-order valence-electron chi connectivity index (χ0n) is 11.0. The second-order valence-corrected chi connectivity index (χ2v) is 7.77. The number of hydrogen-bond acceptors (Lipinski definition) is 3. The molecule has 2 saturated heterocycles. The molecule has 0 saturated carbocycles. The van der Waals surface area contributed by atoms with Crippen LogP contribution < -0.4 is 5.32 Å². The number of fused-ring (bicyclic) bond motifs is 1. The summed E-state index contributed by atoms with van der Waals surface area (Å²) in [4.78, 5) is -0.290. The zero-order valence-corrected chi connectivity index (χ0v) is 12.6. The van der Waals surface area contributed by atoms with Gasteiger partial charge < -0.3 is 5.32 Å². The summed E-state index contributed by atoms with van der Waals surface area (Å²) in [6, 6.07) is 3.57. The van der Waals surface area contributed by atoms with Crippen LogP contribution in [0.15, 0.2) is 23.1 Å². The average Bonchev–Trinajstić information content (AvgIpc) is 2.92. The first-order valence-corrected chi connectivity index (χ1v) is 8.40. The van der Waals surface area contributed by atoms with Crippen molar-refractivity contribution in [2.75, 3.05) is 19.6 Å². The Labute approximate surface area is 123 Å². The minimum absolute atomic E-state index is 0.116. The molecule has 20 heavy (non-hydrogen) atoms. The standard InChI is InChI=1S/C13H16ClFN2O2S/c1-8-11-6-16-5-9(11)7-17(8)20(18,19)13-3-2-10(14)4-12(13)15/h2-4,8-9,11,16H,5-7H2,1H3. The summed E-state index contributed by atoms with van der Waals surface area (Å²) < 4.78 is 40.6. The molecule has 0 radical (unpaired) electrons. The minimum atomic E-state index is -3.81. The molecule has 2 fully saturated rings. The number of halogens is 2. The Kier molecular flexibility index (Phi) is 3.52. The number of hydrogen-bond donors (Lipinski definition) is 1. The van der Waals surface area contributed by atoms with Gasteiger partial charge in [0, 0.05) is 17.6 Å². The summed E-state index contributed by atoms with van der Waals surface area (Å²) in [6.07, 6.45) is 0. The van der Waals surface area contributed by atoms with Gasteiger partial charge in [-0.25, -0.2) is 12.8 Å². The van der Waals surface area contributed by atoms with Crippen LogP contribution in [0.1, 0.15) is 6.92 Å². The van der Waals surface area contributed by atoms with E-state index < -0.39 is 15.8 Å². The number of benzene rings is 1. The molecule has 0 spiro atoms. The van der Waals surface area contributed by atoms with Crippen LogP contribution in [0, 0.1) is 17.7 Å². The molecular weight excluding hydrogens is 303 g/mol. The Bertz CT molecular complexity index is 637. The van der Waals surface area contributed by atoms with Crippen molar-refractivity contribution in [3.05, 3.63) is 29.0 Å². The Morgan fingerprint density at radius 2 is 2.15 bits per heavy atom. The van der Waals surface area contributed by atoms with Gasteiger partial charge in [0.1, 0.15) is 10.7 Å². The molecule has 3 rings (SSSR count). The maximum Gasteiger partial charge on any atom is 0.246 e. The molecule has 7 heteroatoms. The van der Waals surface area contributed by atoms with Crippen LogP contribution in [-0.4, -0.2) is 38.4 Å². The van der Waals surface area contributed by atoms with E-state index in [4.69, 9.17) is 11.6 Å². The van der Waals surface area contributed by atoms with Crippen LogP contribution in [0.5, 0.6) is 0 Å². The Morgan fingerprint density at radius 1 is 1.40 bits per heavy atom. The highest BCUT2D eigenvalue weighted by Crippen LogP contribution is 2.36. The predicted octanol–water partition coefficient (Wildman–Crippen LogP) is 1.71. The second-order valence-electron chi connectivity index (χ2n) is 5.47. The van der Waals surface area contributed by atoms with Crippen molar-refractivity contribution in [3.8, 4) is 0 Å². The molecular formula is C13H16ClFN2O2S. The largest absolute Gasteiger partial charge is 0.316 e. The van der Waals surface area contributed by atoms with E-state index in [1.165, 1.54) is 16.4 Å². The molecule has 1 N–H and O–H groups in total. The highest BCUT2D eigenvalue weighted by Gasteiger charge is 2.47. The summed E-state index contributed by atoms with van der Waals surface area (Å²) >= 11 is 5.68. The highest BCUT2D eigenvalue weighted by atomic mass is 35.5. The maximum atomic E-state index is 13.9. The summed E-state index contributed by atoms with van der Waals surface area (Å²) in [7, 11) is -3.81. The van der Waals surface area contributed by atoms with E-state index in [1.54, 1.807) is 0 Å². The van der Waals surface area contributed by atoms with E-state index in [9.17, 15) is 12.8 Å². The maximum absolute atomic E-state index is 13.9. The quantitative estimate of drug-likeness (QED) is 0.903. The lowest BCUT2D eigenvalue weighted by Gasteiger charge is -2.24. The van der Waals surface area contributed by atoms with E-state index in [0.29, 0.717) is 18.4 Å². The van der Waals surface area contributed by atoms with Crippen LogP contribution in [-0.2, 0) is 10.0 Å². The fourth-order valence-corrected chi connectivity index (χ4v) is 5.20. The van der Waals surface area contributed by atoms with Crippen LogP contribution in [0.25, 0.3) is 0 Å². The monoisotopic (exact) mass is 318 g/mol. The van der Waals surface area contributed by atoms with Gasteiger partial charge in [-0.05, 0) is 50.0 Å². The van der Waals surface area contributed by atoms with Crippen molar-refractivity contribution in [2.24, 2.45) is 11.8 Å². The SMILES string of the molecule is CC1C2CNCC2CN1S(=O)(=O)c1ccc(Cl)cc1F. The molecule has 0 amide bonds. The van der Waals surface area contributed by atoms with Gasteiger partial charge in [-0.2, -0.15) is 4.31 Å². The molecule has 2 aliphatic rings. The molecule has 1 aromatic carbocycles. The smallest absolute Gasteiger partial charge is 0.246 e. The van der Waals surface area contributed by atoms with Crippen LogP contribution in [0.4, 0.5) is 4.39 Å². The molecule has 3 unspecified atom stereocenters. The van der Waals surface area contributed by atoms with Gasteiger partial charge in [0.25, 0.3) is 0 Å². The van der Waals surface area contributed by atoms with Gasteiger partial charge in [-0.3, -0.25) is 0 Å². The summed E-state index contributed by atoms with van der Waals surface area (Å²) in [5.74, 6) is -0.171. The van der Waals surface area contributed by atoms with Crippen molar-refractivity contribution in [1.29, 1.82) is 0 Å². The van der Waals surface area contributed by atoms with E-state index in [0.717, 1.165) is 19.2 Å². The molecule has 0 aromatic heterocycles. The molecule has 0 aliphatic carbocycles. The molecule has 110 valence electrons. The molecule has 0 bridgehead atoms. The summed E-state index contributed by atoms with van der Waals surface area (Å²) in [5, 5.41) is 3.46. The van der Waals surface area contributed by atoms with Crippen molar-refractivity contribution >= 4 is 21.6 Å². The Morgan fingerprint density at radius 3 is 2.80 bits per heavy atom. The average molecular weight is 319 g/mol. The molecule has 1 aromatic rings. The lowest BCUT2D eigenvalue weighted by molar-refractivity contribution is 0.358. The Balaban J connectivity index is 1.96. The predicted molar refractivity (Wildman–Crippen MR) is 74.6 cm³/mol. The second kappa shape index (κ2) is 4.94. The Hall–Kier alpha value is -0.690. The van der Waals surface area contributed by atoms with Crippen molar-refractivity contribution in [2.45, 2.75) is 17.9 Å². The number of sulfonamides is 1. The number of nitrogens with zero attached hydrogens (tertiary/aromatic N) is 1. The minimum Gasteiger partial charge on any atom is -0.316 e. The number of rotatable bonds is 2. The van der Waals surface area contributed by atoms with Gasteiger partial charge in [-0.15, -0.1) is 0 Å². The molecule has 2 heterocycles. The van der Waals surface area contributed by atoms with Crippen molar-refractivity contribution < 1.29 is 12.8 Å². The van der Waals surface area contributed by atoms with Gasteiger partial charge in [0.2, 0.25) is 10.0 Å². The lowest BCUT2D eigenvalue weighted by Crippen LogP contribution is -2.38. The van der Waals surface area contributed by atoms with E-state index >= 15 is 0 Å². The molecule has 3 atom stereocenters. The fraction of sp³-hybridized carbons (Fsp3) is 0.538. The zero-order chi connectivity index (χ0) is 14.5. The van der Waals surface area contributed by atoms with Gasteiger partial charge in [-0.1, -0.05) is 11.6 Å². The molecule has 2 aliphatic heterocycles. The van der Waals surface area contributed by atoms with Crippen molar-refractivity contribution in [1.82, 2.24) is 9.62 Å². The lowest BCUT2D eigenvalue weighted by atomic mass is 9.95. The first-order chi connectivity index (χ1) is 9.41. The van der Waals surface area contributed by atoms with Crippen LogP contribution >= 0.6 is 11.6 Å². The van der Waals surface area contributed by atoms with Gasteiger partial charge in [0.15, 0.2) is 0 Å². The topological polar surface area (TPSA) is 49.4 Å². The van der Waals surface area contributed by atoms with Crippen molar-refractivity contribution in [3.63, 3.8) is 0 Å². The first-order valence-electron chi connectivity index (χ1n) is 6.59. The normalized spacial score (nSPS) is 30.6.